The van der Waals surface area contributed by atoms with Crippen LogP contribution in [-0.4, -0.2) is 24.2 Å². The quantitative estimate of drug-likeness (QED) is 0.454. The third-order valence-corrected chi connectivity index (χ3v) is 1.93. The minimum absolute atomic E-state index is 0.110. The number of carbonyl (C=O) groups excluding carboxylic acids is 1. The fourth-order valence-corrected chi connectivity index (χ4v) is 1.08. The van der Waals surface area contributed by atoms with Gasteiger partial charge in [0, 0.05) is 11.8 Å². The lowest BCUT2D eigenvalue weighted by atomic mass is 10.1. The highest BCUT2D eigenvalue weighted by atomic mass is 16.5. The predicted molar refractivity (Wildman–Crippen MR) is 58.9 cm³/mol. The summed E-state index contributed by atoms with van der Waals surface area (Å²) in [6.07, 6.45) is 2.59. The minimum Gasteiger partial charge on any atom is -0.478 e. The highest BCUT2D eigenvalue weighted by molar-refractivity contribution is 5.91. The van der Waals surface area contributed by atoms with Gasteiger partial charge in [0.15, 0.2) is 0 Å². The van der Waals surface area contributed by atoms with E-state index in [1.165, 1.54) is 37.5 Å². The first-order valence-corrected chi connectivity index (χ1v) is 4.43. The van der Waals surface area contributed by atoms with Gasteiger partial charge in [-0.1, -0.05) is 0 Å². The normalized spacial score (nSPS) is 10.3. The van der Waals surface area contributed by atoms with Crippen molar-refractivity contribution in [2.75, 3.05) is 12.8 Å². The van der Waals surface area contributed by atoms with Gasteiger partial charge in [0.25, 0.3) is 0 Å². The highest BCUT2D eigenvalue weighted by Gasteiger charge is 2.05. The number of ether oxygens (including phenoxy) is 1. The van der Waals surface area contributed by atoms with Crippen LogP contribution in [0.2, 0.25) is 0 Å². The fraction of sp³-hybridized carbons (Fsp3) is 0.0909. The number of aromatic carboxylic acids is 1. The summed E-state index contributed by atoms with van der Waals surface area (Å²) >= 11 is 0. The van der Waals surface area contributed by atoms with Crippen LogP contribution >= 0.6 is 0 Å². The van der Waals surface area contributed by atoms with Crippen molar-refractivity contribution in [3.05, 3.63) is 35.4 Å². The first kappa shape index (κ1) is 11.8. The Labute approximate surface area is 92.1 Å². The lowest BCUT2D eigenvalue weighted by molar-refractivity contribution is -0.134. The zero-order valence-corrected chi connectivity index (χ0v) is 8.64. The molecule has 0 atom stereocenters. The molecule has 1 rings (SSSR count). The Morgan fingerprint density at radius 1 is 1.44 bits per heavy atom. The lowest BCUT2D eigenvalue weighted by Gasteiger charge is -2.01. The van der Waals surface area contributed by atoms with Crippen molar-refractivity contribution >= 4 is 23.7 Å². The number of nitrogens with two attached hydrogens (primary N) is 1. The standard InChI is InChI=1S/C11H11NO4/c1-16-10(13)5-3-7-6-8(11(14)15)2-4-9(7)12/h2-6H,12H2,1H3,(H,14,15)/b5-3+. The lowest BCUT2D eigenvalue weighted by Crippen LogP contribution is -1.99. The number of rotatable bonds is 3. The van der Waals surface area contributed by atoms with E-state index in [0.29, 0.717) is 11.3 Å². The van der Waals surface area contributed by atoms with Crippen LogP contribution in [0.5, 0.6) is 0 Å². The van der Waals surface area contributed by atoms with Crippen LogP contribution in [0.3, 0.4) is 0 Å². The summed E-state index contributed by atoms with van der Waals surface area (Å²) < 4.78 is 4.41. The van der Waals surface area contributed by atoms with E-state index in [1.807, 2.05) is 0 Å². The molecule has 0 saturated heterocycles. The molecule has 0 aliphatic carbocycles. The maximum atomic E-state index is 10.8. The molecule has 0 heterocycles. The molecule has 0 aliphatic heterocycles. The van der Waals surface area contributed by atoms with Crippen molar-refractivity contribution in [2.24, 2.45) is 0 Å². The first-order valence-electron chi connectivity index (χ1n) is 4.43. The predicted octanol–water partition coefficient (Wildman–Crippen LogP) is 1.15. The van der Waals surface area contributed by atoms with E-state index in [9.17, 15) is 9.59 Å². The van der Waals surface area contributed by atoms with E-state index in [4.69, 9.17) is 10.8 Å². The van der Waals surface area contributed by atoms with Gasteiger partial charge >= 0.3 is 11.9 Å². The Morgan fingerprint density at radius 2 is 2.12 bits per heavy atom. The number of hydrogen-bond acceptors (Lipinski definition) is 4. The van der Waals surface area contributed by atoms with Crippen molar-refractivity contribution in [1.29, 1.82) is 0 Å². The second-order valence-corrected chi connectivity index (χ2v) is 3.01. The molecule has 16 heavy (non-hydrogen) atoms. The van der Waals surface area contributed by atoms with Gasteiger partial charge in [-0.3, -0.25) is 0 Å². The topological polar surface area (TPSA) is 89.6 Å². The Hall–Kier alpha value is -2.30. The van der Waals surface area contributed by atoms with E-state index in [2.05, 4.69) is 4.74 Å². The second kappa shape index (κ2) is 4.97. The number of carboxylic acids is 1. The van der Waals surface area contributed by atoms with Crippen LogP contribution in [0.4, 0.5) is 5.69 Å². The zero-order valence-electron chi connectivity index (χ0n) is 8.64. The summed E-state index contributed by atoms with van der Waals surface area (Å²) in [7, 11) is 1.25. The smallest absolute Gasteiger partial charge is 0.335 e. The molecule has 1 aromatic carbocycles. The van der Waals surface area contributed by atoms with Crippen molar-refractivity contribution in [3.8, 4) is 0 Å². The van der Waals surface area contributed by atoms with Crippen LogP contribution in [0, 0.1) is 0 Å². The van der Waals surface area contributed by atoms with Crippen LogP contribution in [0.25, 0.3) is 6.08 Å². The molecule has 5 nitrogen and oxygen atoms in total. The molecule has 3 N–H and O–H groups in total. The summed E-state index contributed by atoms with van der Waals surface area (Å²) in [5, 5.41) is 8.77. The van der Waals surface area contributed by atoms with Gasteiger partial charge < -0.3 is 15.6 Å². The van der Waals surface area contributed by atoms with E-state index in [-0.39, 0.29) is 5.56 Å². The maximum Gasteiger partial charge on any atom is 0.335 e. The van der Waals surface area contributed by atoms with Gasteiger partial charge in [0.1, 0.15) is 0 Å². The Bertz CT molecular complexity index is 451. The summed E-state index contributed by atoms with van der Waals surface area (Å²) in [5.41, 5.74) is 6.59. The minimum atomic E-state index is -1.05. The van der Waals surface area contributed by atoms with Gasteiger partial charge in [0.05, 0.1) is 12.7 Å². The summed E-state index contributed by atoms with van der Waals surface area (Å²) in [6.45, 7) is 0. The Kier molecular flexibility index (Phi) is 3.66. The number of benzene rings is 1. The Morgan fingerprint density at radius 3 is 2.69 bits per heavy atom. The molecule has 0 spiro atoms. The van der Waals surface area contributed by atoms with Crippen LogP contribution in [0.15, 0.2) is 24.3 Å². The fourth-order valence-electron chi connectivity index (χ4n) is 1.08. The number of carbonyl (C=O) groups is 2. The molecule has 5 heteroatoms. The molecule has 84 valence electrons. The number of anilines is 1. The number of methoxy groups -OCH3 is 1. The third-order valence-electron chi connectivity index (χ3n) is 1.93. The molecule has 0 fully saturated rings. The molecule has 0 saturated carbocycles. The van der Waals surface area contributed by atoms with Gasteiger partial charge in [-0.15, -0.1) is 0 Å². The van der Waals surface area contributed by atoms with Crippen molar-refractivity contribution in [2.45, 2.75) is 0 Å². The first-order chi connectivity index (χ1) is 7.54. The zero-order chi connectivity index (χ0) is 12.1. The van der Waals surface area contributed by atoms with Crippen LogP contribution in [0.1, 0.15) is 15.9 Å². The van der Waals surface area contributed by atoms with Crippen molar-refractivity contribution < 1.29 is 19.4 Å². The summed E-state index contributed by atoms with van der Waals surface area (Å²) in [6, 6.07) is 4.25. The molecular weight excluding hydrogens is 210 g/mol. The maximum absolute atomic E-state index is 10.8. The SMILES string of the molecule is COC(=O)/C=C/c1cc(C(=O)O)ccc1N. The van der Waals surface area contributed by atoms with E-state index < -0.39 is 11.9 Å². The third kappa shape index (κ3) is 2.84. The molecule has 0 unspecified atom stereocenters. The molecule has 0 bridgehead atoms. The van der Waals surface area contributed by atoms with Crippen LogP contribution in [-0.2, 0) is 9.53 Å². The van der Waals surface area contributed by atoms with E-state index >= 15 is 0 Å². The summed E-state index contributed by atoms with van der Waals surface area (Å²) in [5.74, 6) is -1.58. The van der Waals surface area contributed by atoms with Gasteiger partial charge in [-0.2, -0.15) is 0 Å². The molecule has 0 aliphatic rings. The monoisotopic (exact) mass is 221 g/mol. The highest BCUT2D eigenvalue weighted by Crippen LogP contribution is 2.16. The summed E-state index contributed by atoms with van der Waals surface area (Å²) in [4.78, 5) is 21.6. The number of esters is 1. The molecular formula is C11H11NO4. The van der Waals surface area contributed by atoms with Crippen LogP contribution < -0.4 is 5.73 Å². The van der Waals surface area contributed by atoms with Crippen molar-refractivity contribution in [1.82, 2.24) is 0 Å². The average Bonchev–Trinajstić information content (AvgIpc) is 2.27. The molecule has 1 aromatic rings. The second-order valence-electron chi connectivity index (χ2n) is 3.01. The van der Waals surface area contributed by atoms with Gasteiger partial charge in [0.2, 0.25) is 0 Å². The Balaban J connectivity index is 3.03. The number of carboxylic acid groups (broad SMARTS) is 1. The van der Waals surface area contributed by atoms with Crippen molar-refractivity contribution in [3.63, 3.8) is 0 Å². The molecule has 0 amide bonds. The van der Waals surface area contributed by atoms with E-state index in [1.54, 1.807) is 0 Å². The largest absolute Gasteiger partial charge is 0.478 e. The van der Waals surface area contributed by atoms with Gasteiger partial charge in [-0.05, 0) is 29.8 Å². The average molecular weight is 221 g/mol. The number of hydrogen-bond donors (Lipinski definition) is 2. The molecule has 0 aromatic heterocycles. The number of nitrogen functional groups attached to an aromatic ring is 1. The van der Waals surface area contributed by atoms with E-state index in [0.717, 1.165) is 0 Å². The van der Waals surface area contributed by atoms with Gasteiger partial charge in [-0.25, -0.2) is 9.59 Å². The molecule has 0 radical (unpaired) electrons.